The predicted octanol–water partition coefficient (Wildman–Crippen LogP) is 1.75. The van der Waals surface area contributed by atoms with Gasteiger partial charge in [-0.15, -0.1) is 0 Å². The molecule has 0 saturated carbocycles. The van der Waals surface area contributed by atoms with Crippen LogP contribution >= 0.6 is 0 Å². The molecule has 9 heteroatoms. The number of hydrogen-bond acceptors (Lipinski definition) is 6. The van der Waals surface area contributed by atoms with Crippen LogP contribution in [0.2, 0.25) is 0 Å². The van der Waals surface area contributed by atoms with E-state index in [0.29, 0.717) is 5.69 Å². The zero-order chi connectivity index (χ0) is 17.8. The lowest BCUT2D eigenvalue weighted by Crippen LogP contribution is -2.40. The highest BCUT2D eigenvalue weighted by molar-refractivity contribution is 6.06. The van der Waals surface area contributed by atoms with Crippen LogP contribution in [-0.4, -0.2) is 42.7 Å². The Morgan fingerprint density at radius 1 is 1.28 bits per heavy atom. The molecular formula is C16H16N6O3. The molecule has 4 rings (SSSR count). The Bertz CT molecular complexity index is 1000. The predicted molar refractivity (Wildman–Crippen MR) is 87.3 cm³/mol. The van der Waals surface area contributed by atoms with Gasteiger partial charge in [0.2, 0.25) is 0 Å². The van der Waals surface area contributed by atoms with Gasteiger partial charge in [-0.25, -0.2) is 4.79 Å². The van der Waals surface area contributed by atoms with Crippen LogP contribution < -0.4 is 5.32 Å². The molecule has 1 aromatic carbocycles. The third-order valence-corrected chi connectivity index (χ3v) is 4.13. The van der Waals surface area contributed by atoms with Crippen LogP contribution in [-0.2, 0) is 11.3 Å². The molecule has 0 radical (unpaired) electrons. The van der Waals surface area contributed by atoms with E-state index in [4.69, 9.17) is 4.52 Å². The van der Waals surface area contributed by atoms with E-state index in [0.717, 1.165) is 21.4 Å². The second kappa shape index (κ2) is 5.13. The van der Waals surface area contributed by atoms with Crippen molar-refractivity contribution in [2.24, 2.45) is 0 Å². The third-order valence-electron chi connectivity index (χ3n) is 4.13. The molecule has 2 N–H and O–H groups in total. The number of H-pyrrole nitrogens is 1. The van der Waals surface area contributed by atoms with Crippen molar-refractivity contribution in [1.82, 2.24) is 30.6 Å². The lowest BCUT2D eigenvalue weighted by molar-refractivity contribution is -0.130. The Hall–Kier alpha value is -3.23. The van der Waals surface area contributed by atoms with Gasteiger partial charge in [-0.3, -0.25) is 14.8 Å². The quantitative estimate of drug-likeness (QED) is 0.702. The summed E-state index contributed by atoms with van der Waals surface area (Å²) in [6.45, 7) is 5.22. The molecule has 3 amide bonds. The van der Waals surface area contributed by atoms with Crippen molar-refractivity contribution < 1.29 is 14.1 Å². The summed E-state index contributed by atoms with van der Waals surface area (Å²) in [7, 11) is 0. The molecule has 0 atom stereocenters. The molecule has 1 aliphatic rings. The molecule has 1 saturated heterocycles. The fourth-order valence-corrected chi connectivity index (χ4v) is 2.81. The van der Waals surface area contributed by atoms with Gasteiger partial charge in [0.25, 0.3) is 11.8 Å². The van der Waals surface area contributed by atoms with Gasteiger partial charge in [-0.1, -0.05) is 16.8 Å². The Morgan fingerprint density at radius 2 is 2.08 bits per heavy atom. The van der Waals surface area contributed by atoms with Gasteiger partial charge in [0.1, 0.15) is 5.54 Å². The monoisotopic (exact) mass is 340 g/mol. The van der Waals surface area contributed by atoms with Gasteiger partial charge in [-0.2, -0.15) is 10.1 Å². The summed E-state index contributed by atoms with van der Waals surface area (Å²) in [5.41, 5.74) is 1.54. The summed E-state index contributed by atoms with van der Waals surface area (Å²) in [5, 5.41) is 14.5. The normalized spacial score (nSPS) is 16.7. The van der Waals surface area contributed by atoms with Gasteiger partial charge in [-0.05, 0) is 32.9 Å². The zero-order valence-electron chi connectivity index (χ0n) is 14.0. The van der Waals surface area contributed by atoms with Gasteiger partial charge in [0.15, 0.2) is 11.5 Å². The molecule has 0 aliphatic carbocycles. The summed E-state index contributed by atoms with van der Waals surface area (Å²) >= 11 is 0. The average Bonchev–Trinajstić information content (AvgIpc) is 3.21. The Labute approximate surface area is 142 Å². The van der Waals surface area contributed by atoms with Crippen molar-refractivity contribution >= 4 is 22.8 Å². The number of aromatic nitrogens is 4. The van der Waals surface area contributed by atoms with Crippen LogP contribution in [0.15, 0.2) is 22.7 Å². The Kier molecular flexibility index (Phi) is 3.14. The molecule has 0 bridgehead atoms. The first kappa shape index (κ1) is 15.3. The van der Waals surface area contributed by atoms with Crippen molar-refractivity contribution in [2.75, 3.05) is 0 Å². The van der Waals surface area contributed by atoms with Gasteiger partial charge >= 0.3 is 6.03 Å². The first-order valence-corrected chi connectivity index (χ1v) is 7.77. The first-order valence-electron chi connectivity index (χ1n) is 7.77. The Balaban J connectivity index is 1.63. The van der Waals surface area contributed by atoms with Gasteiger partial charge in [0, 0.05) is 5.39 Å². The first-order chi connectivity index (χ1) is 11.8. The number of carbonyl (C=O) groups is 2. The van der Waals surface area contributed by atoms with Crippen molar-refractivity contribution in [2.45, 2.75) is 32.9 Å². The number of imide groups is 1. The van der Waals surface area contributed by atoms with E-state index in [1.807, 2.05) is 25.1 Å². The second-order valence-electron chi connectivity index (χ2n) is 6.58. The summed E-state index contributed by atoms with van der Waals surface area (Å²) in [5.74, 6) is 0.142. The lowest BCUT2D eigenvalue weighted by Gasteiger charge is -2.14. The minimum atomic E-state index is -0.931. The second-order valence-corrected chi connectivity index (χ2v) is 6.58. The molecular weight excluding hydrogens is 324 g/mol. The van der Waals surface area contributed by atoms with Gasteiger partial charge in [0.05, 0.1) is 12.1 Å². The van der Waals surface area contributed by atoms with Crippen LogP contribution in [0.1, 0.15) is 25.2 Å². The van der Waals surface area contributed by atoms with Crippen molar-refractivity contribution in [3.05, 3.63) is 29.6 Å². The molecule has 2 aromatic heterocycles. The SMILES string of the molecule is Cc1ccc2[nH]nc(-c3nc(CN4C(=O)NC(C)(C)C4=O)no3)c2c1. The molecule has 0 spiro atoms. The molecule has 25 heavy (non-hydrogen) atoms. The number of fused-ring (bicyclic) bond motifs is 1. The van der Waals surface area contributed by atoms with E-state index in [2.05, 4.69) is 25.7 Å². The number of nitrogens with zero attached hydrogens (tertiary/aromatic N) is 4. The van der Waals surface area contributed by atoms with Crippen LogP contribution in [0.5, 0.6) is 0 Å². The van der Waals surface area contributed by atoms with E-state index < -0.39 is 11.6 Å². The highest BCUT2D eigenvalue weighted by Crippen LogP contribution is 2.26. The number of amides is 3. The third kappa shape index (κ3) is 2.44. The van der Waals surface area contributed by atoms with E-state index in [1.54, 1.807) is 13.8 Å². The van der Waals surface area contributed by atoms with Gasteiger partial charge < -0.3 is 9.84 Å². The van der Waals surface area contributed by atoms with Crippen LogP contribution in [0.3, 0.4) is 0 Å². The number of carbonyl (C=O) groups excluding carboxylic acids is 2. The molecule has 1 aliphatic heterocycles. The fourth-order valence-electron chi connectivity index (χ4n) is 2.81. The van der Waals surface area contributed by atoms with Crippen molar-refractivity contribution in [3.63, 3.8) is 0 Å². The minimum Gasteiger partial charge on any atom is -0.332 e. The number of urea groups is 1. The van der Waals surface area contributed by atoms with Crippen molar-refractivity contribution in [1.29, 1.82) is 0 Å². The largest absolute Gasteiger partial charge is 0.332 e. The summed E-state index contributed by atoms with van der Waals surface area (Å²) < 4.78 is 5.28. The van der Waals surface area contributed by atoms with E-state index in [-0.39, 0.29) is 24.2 Å². The van der Waals surface area contributed by atoms with E-state index in [1.165, 1.54) is 0 Å². The maximum Gasteiger partial charge on any atom is 0.325 e. The number of aryl methyl sites for hydroxylation is 1. The van der Waals surface area contributed by atoms with Crippen LogP contribution in [0.4, 0.5) is 4.79 Å². The van der Waals surface area contributed by atoms with E-state index in [9.17, 15) is 9.59 Å². The topological polar surface area (TPSA) is 117 Å². The molecule has 128 valence electrons. The van der Waals surface area contributed by atoms with Crippen molar-refractivity contribution in [3.8, 4) is 11.6 Å². The molecule has 0 unspecified atom stereocenters. The number of benzene rings is 1. The molecule has 1 fully saturated rings. The summed E-state index contributed by atoms with van der Waals surface area (Å²) in [6.07, 6.45) is 0. The number of hydrogen-bond donors (Lipinski definition) is 2. The van der Waals surface area contributed by atoms with Crippen LogP contribution in [0.25, 0.3) is 22.5 Å². The highest BCUT2D eigenvalue weighted by Gasteiger charge is 2.44. The maximum atomic E-state index is 12.2. The smallest absolute Gasteiger partial charge is 0.325 e. The fraction of sp³-hybridized carbons (Fsp3) is 0.312. The summed E-state index contributed by atoms with van der Waals surface area (Å²) in [6, 6.07) is 5.40. The number of rotatable bonds is 3. The zero-order valence-corrected chi connectivity index (χ0v) is 14.0. The lowest BCUT2D eigenvalue weighted by atomic mass is 10.1. The molecule has 9 nitrogen and oxygen atoms in total. The molecule has 3 aromatic rings. The highest BCUT2D eigenvalue weighted by atomic mass is 16.5. The maximum absolute atomic E-state index is 12.2. The average molecular weight is 340 g/mol. The summed E-state index contributed by atoms with van der Waals surface area (Å²) in [4.78, 5) is 29.5. The standard InChI is InChI=1S/C16H16N6O3/c1-8-4-5-10-9(6-8)12(20-19-10)13-17-11(21-25-13)7-22-14(23)16(2,3)18-15(22)24/h4-6H,7H2,1-3H3,(H,18,24)(H,19,20). The van der Waals surface area contributed by atoms with Crippen LogP contribution in [0, 0.1) is 6.92 Å². The number of aromatic amines is 1. The minimum absolute atomic E-state index is 0.0566. The number of nitrogens with one attached hydrogen (secondary N) is 2. The van der Waals surface area contributed by atoms with E-state index >= 15 is 0 Å². The molecule has 3 heterocycles. The Morgan fingerprint density at radius 3 is 2.80 bits per heavy atom.